The predicted molar refractivity (Wildman–Crippen MR) is 276 cm³/mol. The van der Waals surface area contributed by atoms with Crippen LogP contribution in [0, 0.1) is 0 Å². The van der Waals surface area contributed by atoms with Crippen LogP contribution < -0.4 is 0 Å². The molecule has 2 aliphatic carbocycles. The summed E-state index contributed by atoms with van der Waals surface area (Å²) in [7, 11) is 0. The standard InChI is InChI=1S/C65H42N2/c1-5-20-43(21-6-1)47-36-48(44-22-7-2-8-23-44)39-51(38-47)61-42-62(52-40-49(45-24-9-3-10-25-45)37-50(41-52)46-26-11-4-12-27-46)67-64(66-61)56-31-19-35-60-63(56)55-30-15-18-34-59(55)65(60)57-32-16-13-28-53(57)54-29-14-17-33-58(54)65/h1-42H. The molecule has 0 unspecified atom stereocenters. The predicted octanol–water partition coefficient (Wildman–Crippen LogP) is 16.5. The Kier molecular flexibility index (Phi) is 9.11. The zero-order valence-corrected chi connectivity index (χ0v) is 36.6. The number of hydrogen-bond donors (Lipinski definition) is 0. The first-order valence-electron chi connectivity index (χ1n) is 23.1. The number of hydrogen-bond acceptors (Lipinski definition) is 2. The van der Waals surface area contributed by atoms with E-state index >= 15 is 0 Å². The number of nitrogens with zero attached hydrogens (tertiary/aromatic N) is 2. The minimum absolute atomic E-state index is 0.487. The van der Waals surface area contributed by atoms with Crippen LogP contribution in [0.3, 0.4) is 0 Å². The third kappa shape index (κ3) is 6.33. The van der Waals surface area contributed by atoms with Crippen molar-refractivity contribution < 1.29 is 0 Å². The van der Waals surface area contributed by atoms with Crippen molar-refractivity contribution in [2.75, 3.05) is 0 Å². The molecule has 2 aliphatic rings. The fourth-order valence-corrected chi connectivity index (χ4v) is 10.9. The van der Waals surface area contributed by atoms with Crippen molar-refractivity contribution in [1.29, 1.82) is 0 Å². The summed E-state index contributed by atoms with van der Waals surface area (Å²) in [4.78, 5) is 11.3. The molecule has 0 fully saturated rings. The highest BCUT2D eigenvalue weighted by molar-refractivity contribution is 5.99. The van der Waals surface area contributed by atoms with Crippen LogP contribution in [-0.2, 0) is 5.41 Å². The second-order valence-electron chi connectivity index (χ2n) is 17.6. The van der Waals surface area contributed by atoms with E-state index in [-0.39, 0.29) is 0 Å². The molecule has 11 aromatic rings. The maximum atomic E-state index is 5.67. The highest BCUT2D eigenvalue weighted by Gasteiger charge is 2.52. The van der Waals surface area contributed by atoms with E-state index in [9.17, 15) is 0 Å². The van der Waals surface area contributed by atoms with Gasteiger partial charge >= 0.3 is 0 Å². The lowest BCUT2D eigenvalue weighted by Gasteiger charge is -2.30. The van der Waals surface area contributed by atoms with E-state index in [0.29, 0.717) is 5.82 Å². The Bertz CT molecular complexity index is 3360. The van der Waals surface area contributed by atoms with E-state index in [4.69, 9.17) is 9.97 Å². The van der Waals surface area contributed by atoms with Gasteiger partial charge in [0.1, 0.15) is 0 Å². The van der Waals surface area contributed by atoms with E-state index < -0.39 is 5.41 Å². The Morgan fingerprint density at radius 1 is 0.224 bits per heavy atom. The summed E-state index contributed by atoms with van der Waals surface area (Å²) >= 11 is 0. The number of rotatable bonds is 7. The fourth-order valence-electron chi connectivity index (χ4n) is 10.9. The molecular weight excluding hydrogens is 809 g/mol. The monoisotopic (exact) mass is 850 g/mol. The average Bonchev–Trinajstić information content (AvgIpc) is 3.89. The molecule has 0 amide bonds. The molecule has 0 atom stereocenters. The molecule has 2 heteroatoms. The third-order valence-corrected chi connectivity index (χ3v) is 13.9. The van der Waals surface area contributed by atoms with Gasteiger partial charge in [0, 0.05) is 16.7 Å². The van der Waals surface area contributed by atoms with Crippen molar-refractivity contribution in [3.05, 3.63) is 277 Å². The van der Waals surface area contributed by atoms with E-state index in [0.717, 1.165) is 72.6 Å². The van der Waals surface area contributed by atoms with Crippen molar-refractivity contribution in [2.45, 2.75) is 5.41 Å². The van der Waals surface area contributed by atoms with Gasteiger partial charge in [-0.25, -0.2) is 9.97 Å². The Morgan fingerprint density at radius 2 is 0.537 bits per heavy atom. The van der Waals surface area contributed by atoms with E-state index in [1.807, 2.05) is 0 Å². The molecule has 2 nitrogen and oxygen atoms in total. The highest BCUT2D eigenvalue weighted by Crippen LogP contribution is 2.63. The second kappa shape index (κ2) is 15.8. The third-order valence-electron chi connectivity index (χ3n) is 13.9. The molecule has 67 heavy (non-hydrogen) atoms. The van der Waals surface area contributed by atoms with Crippen LogP contribution in [0.25, 0.3) is 101 Å². The number of benzene rings is 10. The lowest BCUT2D eigenvalue weighted by Crippen LogP contribution is -2.25. The van der Waals surface area contributed by atoms with Gasteiger partial charge in [-0.05, 0) is 131 Å². The van der Waals surface area contributed by atoms with Crippen molar-refractivity contribution in [1.82, 2.24) is 9.97 Å². The molecule has 312 valence electrons. The fraction of sp³-hybridized carbons (Fsp3) is 0.0154. The summed E-state index contributed by atoms with van der Waals surface area (Å²) in [6.45, 7) is 0. The van der Waals surface area contributed by atoms with Crippen LogP contribution in [0.1, 0.15) is 22.3 Å². The molecule has 1 aromatic heterocycles. The van der Waals surface area contributed by atoms with Gasteiger partial charge in [0.15, 0.2) is 5.82 Å². The lowest BCUT2D eigenvalue weighted by atomic mass is 9.70. The van der Waals surface area contributed by atoms with Gasteiger partial charge in [0.05, 0.1) is 16.8 Å². The first kappa shape index (κ1) is 38.7. The Hall–Kier alpha value is -8.72. The molecule has 13 rings (SSSR count). The summed E-state index contributed by atoms with van der Waals surface area (Å²) in [6, 6.07) is 92.3. The maximum absolute atomic E-state index is 5.67. The first-order valence-corrected chi connectivity index (χ1v) is 23.1. The van der Waals surface area contributed by atoms with Gasteiger partial charge in [0.2, 0.25) is 0 Å². The highest BCUT2D eigenvalue weighted by atomic mass is 14.9. The molecule has 1 heterocycles. The van der Waals surface area contributed by atoms with Gasteiger partial charge < -0.3 is 0 Å². The van der Waals surface area contributed by atoms with E-state index in [2.05, 4.69) is 255 Å². The summed E-state index contributed by atoms with van der Waals surface area (Å²) in [5, 5.41) is 0. The Morgan fingerprint density at radius 3 is 0.955 bits per heavy atom. The summed E-state index contributed by atoms with van der Waals surface area (Å²) in [5.74, 6) is 0.688. The van der Waals surface area contributed by atoms with Crippen LogP contribution in [0.2, 0.25) is 0 Å². The van der Waals surface area contributed by atoms with Crippen LogP contribution in [0.4, 0.5) is 0 Å². The van der Waals surface area contributed by atoms with Gasteiger partial charge in [-0.15, -0.1) is 0 Å². The van der Waals surface area contributed by atoms with E-state index in [1.54, 1.807) is 0 Å². The molecule has 0 radical (unpaired) electrons. The van der Waals surface area contributed by atoms with Crippen LogP contribution in [0.5, 0.6) is 0 Å². The molecule has 0 saturated heterocycles. The van der Waals surface area contributed by atoms with E-state index in [1.165, 1.54) is 44.5 Å². The average molecular weight is 851 g/mol. The first-order chi connectivity index (χ1) is 33.2. The quantitative estimate of drug-likeness (QED) is 0.160. The smallest absolute Gasteiger partial charge is 0.161 e. The molecule has 0 aliphatic heterocycles. The minimum atomic E-state index is -0.487. The van der Waals surface area contributed by atoms with Crippen molar-refractivity contribution in [3.8, 4) is 101 Å². The summed E-state index contributed by atoms with van der Waals surface area (Å²) in [5.41, 5.74) is 23.5. The second-order valence-corrected chi connectivity index (χ2v) is 17.6. The molecule has 10 aromatic carbocycles. The summed E-state index contributed by atoms with van der Waals surface area (Å²) < 4.78 is 0. The minimum Gasteiger partial charge on any atom is -0.228 e. The van der Waals surface area contributed by atoms with Gasteiger partial charge in [-0.3, -0.25) is 0 Å². The molecular formula is C65H42N2. The van der Waals surface area contributed by atoms with Crippen LogP contribution in [0.15, 0.2) is 255 Å². The van der Waals surface area contributed by atoms with Crippen molar-refractivity contribution in [3.63, 3.8) is 0 Å². The lowest BCUT2D eigenvalue weighted by molar-refractivity contribution is 0.794. The zero-order chi connectivity index (χ0) is 44.3. The van der Waals surface area contributed by atoms with Crippen LogP contribution >= 0.6 is 0 Å². The number of aromatic nitrogens is 2. The van der Waals surface area contributed by atoms with Gasteiger partial charge in [-0.2, -0.15) is 0 Å². The Labute approximate surface area is 391 Å². The van der Waals surface area contributed by atoms with Crippen LogP contribution in [-0.4, -0.2) is 9.97 Å². The molecule has 0 saturated carbocycles. The maximum Gasteiger partial charge on any atom is 0.161 e. The summed E-state index contributed by atoms with van der Waals surface area (Å²) in [6.07, 6.45) is 0. The zero-order valence-electron chi connectivity index (χ0n) is 36.6. The SMILES string of the molecule is c1ccc(-c2cc(-c3ccccc3)cc(-c3cc(-c4cc(-c5ccccc5)cc(-c5ccccc5)c4)nc(-c4cccc5c4-c4ccccc4C54c5ccccc5-c5ccccc54)n3)c2)cc1. The van der Waals surface area contributed by atoms with Crippen molar-refractivity contribution >= 4 is 0 Å². The van der Waals surface area contributed by atoms with Crippen molar-refractivity contribution in [2.24, 2.45) is 0 Å². The largest absolute Gasteiger partial charge is 0.228 e. The Balaban J connectivity index is 1.10. The topological polar surface area (TPSA) is 25.8 Å². The molecule has 0 bridgehead atoms. The molecule has 0 N–H and O–H groups in total. The molecule has 1 spiro atoms. The van der Waals surface area contributed by atoms with Gasteiger partial charge in [0.25, 0.3) is 0 Å². The van der Waals surface area contributed by atoms with Gasteiger partial charge in [-0.1, -0.05) is 212 Å². The normalized spacial score (nSPS) is 12.6. The number of fused-ring (bicyclic) bond motifs is 10.